The fraction of sp³-hybridized carbons (Fsp3) is 0.182. The summed E-state index contributed by atoms with van der Waals surface area (Å²) in [6, 6.07) is 14.4. The Hall–Kier alpha value is -3.34. The van der Waals surface area contributed by atoms with E-state index in [1.165, 1.54) is 14.2 Å². The SMILES string of the molecule is C/C=C\C(=C/C)N(c1ccccc1)c1c(C(=O)OC)cccc1C(=O)OC. The lowest BCUT2D eigenvalue weighted by molar-refractivity contribution is 0.0601. The number of hydrogen-bond acceptors (Lipinski definition) is 5. The van der Waals surface area contributed by atoms with Crippen molar-refractivity contribution in [1.29, 1.82) is 0 Å². The molecule has 2 aromatic carbocycles. The highest BCUT2D eigenvalue weighted by molar-refractivity contribution is 6.06. The lowest BCUT2D eigenvalue weighted by Crippen LogP contribution is -2.22. The Labute approximate surface area is 159 Å². The highest BCUT2D eigenvalue weighted by Crippen LogP contribution is 2.36. The molecule has 0 atom stereocenters. The molecular weight excluding hydrogens is 342 g/mol. The first-order valence-corrected chi connectivity index (χ1v) is 8.52. The number of allylic oxidation sites excluding steroid dienone is 3. The molecule has 0 radical (unpaired) electrons. The van der Waals surface area contributed by atoms with Crippen LogP contribution in [-0.4, -0.2) is 26.2 Å². The summed E-state index contributed by atoms with van der Waals surface area (Å²) in [4.78, 5) is 26.8. The van der Waals surface area contributed by atoms with E-state index >= 15 is 0 Å². The second kappa shape index (κ2) is 9.38. The van der Waals surface area contributed by atoms with Crippen molar-refractivity contribution in [3.63, 3.8) is 0 Å². The van der Waals surface area contributed by atoms with E-state index in [0.29, 0.717) is 5.69 Å². The van der Waals surface area contributed by atoms with E-state index in [4.69, 9.17) is 9.47 Å². The quantitative estimate of drug-likeness (QED) is 0.539. The molecule has 0 unspecified atom stereocenters. The first-order valence-electron chi connectivity index (χ1n) is 8.52. The first-order chi connectivity index (χ1) is 13.1. The summed E-state index contributed by atoms with van der Waals surface area (Å²) >= 11 is 0. The van der Waals surface area contributed by atoms with E-state index in [1.54, 1.807) is 18.2 Å². The third-order valence-electron chi connectivity index (χ3n) is 3.98. The molecule has 0 fully saturated rings. The minimum absolute atomic E-state index is 0.271. The Morgan fingerprint density at radius 3 is 1.85 bits per heavy atom. The lowest BCUT2D eigenvalue weighted by atomic mass is 10.0. The fourth-order valence-corrected chi connectivity index (χ4v) is 2.79. The van der Waals surface area contributed by atoms with Crippen LogP contribution < -0.4 is 4.90 Å². The standard InChI is InChI=1S/C22H23NO4/c1-5-11-16(6-2)23(17-12-8-7-9-13-17)20-18(21(24)26-3)14-10-15-19(20)22(25)27-4/h5-15H,1-4H3/b11-5-,16-6+. The van der Waals surface area contributed by atoms with Crippen molar-refractivity contribution < 1.29 is 19.1 Å². The maximum absolute atomic E-state index is 12.5. The lowest BCUT2D eigenvalue weighted by Gasteiger charge is -2.29. The van der Waals surface area contributed by atoms with Gasteiger partial charge in [-0.1, -0.05) is 36.4 Å². The molecule has 0 spiro atoms. The van der Waals surface area contributed by atoms with Crippen LogP contribution in [0, 0.1) is 0 Å². The summed E-state index contributed by atoms with van der Waals surface area (Å²) in [5.41, 5.74) is 2.55. The molecule has 5 heteroatoms. The Kier molecular flexibility index (Phi) is 6.94. The van der Waals surface area contributed by atoms with E-state index in [1.807, 2.05) is 67.3 Å². The van der Waals surface area contributed by atoms with E-state index < -0.39 is 11.9 Å². The summed E-state index contributed by atoms with van der Waals surface area (Å²) in [6.07, 6.45) is 5.70. The van der Waals surface area contributed by atoms with Gasteiger partial charge >= 0.3 is 11.9 Å². The van der Waals surface area contributed by atoms with Crippen LogP contribution >= 0.6 is 0 Å². The highest BCUT2D eigenvalue weighted by Gasteiger charge is 2.26. The molecule has 0 N–H and O–H groups in total. The van der Waals surface area contributed by atoms with Crippen LogP contribution in [0.1, 0.15) is 34.6 Å². The molecule has 140 valence electrons. The van der Waals surface area contributed by atoms with Gasteiger partial charge in [-0.15, -0.1) is 0 Å². The van der Waals surface area contributed by atoms with Crippen molar-refractivity contribution in [2.75, 3.05) is 19.1 Å². The van der Waals surface area contributed by atoms with Crippen LogP contribution in [0.15, 0.2) is 72.5 Å². The summed E-state index contributed by atoms with van der Waals surface area (Å²) < 4.78 is 9.90. The summed E-state index contributed by atoms with van der Waals surface area (Å²) in [5, 5.41) is 0. The molecule has 0 aliphatic rings. The van der Waals surface area contributed by atoms with E-state index in [2.05, 4.69) is 0 Å². The summed E-state index contributed by atoms with van der Waals surface area (Å²) in [6.45, 7) is 3.80. The molecule has 27 heavy (non-hydrogen) atoms. The van der Waals surface area contributed by atoms with Gasteiger partial charge in [0.15, 0.2) is 0 Å². The topological polar surface area (TPSA) is 55.8 Å². The average molecular weight is 365 g/mol. The molecule has 0 heterocycles. The first kappa shape index (κ1) is 20.0. The van der Waals surface area contributed by atoms with Gasteiger partial charge in [-0.3, -0.25) is 0 Å². The third-order valence-corrected chi connectivity index (χ3v) is 3.98. The number of ether oxygens (including phenoxy) is 2. The molecule has 0 aliphatic heterocycles. The van der Waals surface area contributed by atoms with Gasteiger partial charge < -0.3 is 14.4 Å². The minimum atomic E-state index is -0.535. The molecule has 0 bridgehead atoms. The number of hydrogen-bond donors (Lipinski definition) is 0. The zero-order valence-electron chi connectivity index (χ0n) is 15.9. The highest BCUT2D eigenvalue weighted by atomic mass is 16.5. The fourth-order valence-electron chi connectivity index (χ4n) is 2.79. The number of rotatable bonds is 6. The molecule has 2 aromatic rings. The zero-order chi connectivity index (χ0) is 19.8. The van der Waals surface area contributed by atoms with Crippen LogP contribution in [0.2, 0.25) is 0 Å². The molecule has 0 aromatic heterocycles. The van der Waals surface area contributed by atoms with Gasteiger partial charge in [0.25, 0.3) is 0 Å². The maximum atomic E-state index is 12.5. The molecule has 5 nitrogen and oxygen atoms in total. The number of anilines is 2. The van der Waals surface area contributed by atoms with Gasteiger partial charge in [0.1, 0.15) is 0 Å². The number of para-hydroxylation sites is 2. The number of carbonyl (C=O) groups is 2. The van der Waals surface area contributed by atoms with Crippen molar-refractivity contribution in [2.45, 2.75) is 13.8 Å². The molecule has 2 rings (SSSR count). The molecule has 0 saturated heterocycles. The number of esters is 2. The Balaban J connectivity index is 2.89. The largest absolute Gasteiger partial charge is 0.465 e. The van der Waals surface area contributed by atoms with Gasteiger partial charge in [-0.05, 0) is 44.2 Å². The van der Waals surface area contributed by atoms with Gasteiger partial charge in [-0.25, -0.2) is 9.59 Å². The van der Waals surface area contributed by atoms with Crippen LogP contribution in [0.25, 0.3) is 0 Å². The Morgan fingerprint density at radius 2 is 1.41 bits per heavy atom. The predicted octanol–water partition coefficient (Wildman–Crippen LogP) is 4.88. The van der Waals surface area contributed by atoms with Crippen molar-refractivity contribution in [3.8, 4) is 0 Å². The molecular formula is C22H23NO4. The second-order valence-electron chi connectivity index (χ2n) is 5.57. The molecule has 0 saturated carbocycles. The monoisotopic (exact) mass is 365 g/mol. The maximum Gasteiger partial charge on any atom is 0.340 e. The second-order valence-corrected chi connectivity index (χ2v) is 5.57. The van der Waals surface area contributed by atoms with E-state index in [9.17, 15) is 9.59 Å². The van der Waals surface area contributed by atoms with Crippen LogP contribution in [0.4, 0.5) is 11.4 Å². The van der Waals surface area contributed by atoms with Gasteiger partial charge in [0.05, 0.1) is 31.0 Å². The number of nitrogens with zero attached hydrogens (tertiary/aromatic N) is 1. The van der Waals surface area contributed by atoms with Gasteiger partial charge in [0, 0.05) is 11.4 Å². The number of methoxy groups -OCH3 is 2. The van der Waals surface area contributed by atoms with E-state index in [0.717, 1.165) is 11.4 Å². The van der Waals surface area contributed by atoms with Crippen molar-refractivity contribution in [2.24, 2.45) is 0 Å². The summed E-state index contributed by atoms with van der Waals surface area (Å²) in [7, 11) is 2.62. The molecule has 0 amide bonds. The van der Waals surface area contributed by atoms with Crippen molar-refractivity contribution in [3.05, 3.63) is 83.6 Å². The van der Waals surface area contributed by atoms with Gasteiger partial charge in [0.2, 0.25) is 0 Å². The third kappa shape index (κ3) is 4.26. The van der Waals surface area contributed by atoms with Crippen LogP contribution in [0.3, 0.4) is 0 Å². The average Bonchev–Trinajstić information content (AvgIpc) is 2.72. The number of carbonyl (C=O) groups excluding carboxylic acids is 2. The van der Waals surface area contributed by atoms with E-state index in [-0.39, 0.29) is 11.1 Å². The Bertz CT molecular complexity index is 835. The Morgan fingerprint density at radius 1 is 0.852 bits per heavy atom. The smallest absolute Gasteiger partial charge is 0.340 e. The summed E-state index contributed by atoms with van der Waals surface area (Å²) in [5.74, 6) is -1.07. The number of benzene rings is 2. The van der Waals surface area contributed by atoms with Crippen LogP contribution in [0.5, 0.6) is 0 Å². The van der Waals surface area contributed by atoms with Crippen LogP contribution in [-0.2, 0) is 9.47 Å². The van der Waals surface area contributed by atoms with Gasteiger partial charge in [-0.2, -0.15) is 0 Å². The van der Waals surface area contributed by atoms with Crippen molar-refractivity contribution >= 4 is 23.3 Å². The minimum Gasteiger partial charge on any atom is -0.465 e. The normalized spacial score (nSPS) is 11.3. The predicted molar refractivity (Wildman–Crippen MR) is 106 cm³/mol. The van der Waals surface area contributed by atoms with Crippen molar-refractivity contribution in [1.82, 2.24) is 0 Å². The zero-order valence-corrected chi connectivity index (χ0v) is 15.9. The molecule has 0 aliphatic carbocycles.